The summed E-state index contributed by atoms with van der Waals surface area (Å²) in [6, 6.07) is 3.57. The number of aryl methyl sites for hydroxylation is 2. The van der Waals surface area contributed by atoms with Crippen LogP contribution in [0.1, 0.15) is 29.5 Å². The molecule has 0 saturated heterocycles. The second-order valence-electron chi connectivity index (χ2n) is 4.85. The molecule has 4 nitrogen and oxygen atoms in total. The van der Waals surface area contributed by atoms with E-state index in [0.717, 1.165) is 35.3 Å². The second kappa shape index (κ2) is 8.02. The Labute approximate surface area is 126 Å². The fourth-order valence-corrected chi connectivity index (χ4v) is 3.88. The van der Waals surface area contributed by atoms with Gasteiger partial charge in [0.15, 0.2) is 0 Å². The molecule has 20 heavy (non-hydrogen) atoms. The van der Waals surface area contributed by atoms with Crippen LogP contribution in [0.15, 0.2) is 17.0 Å². The molecule has 1 aromatic carbocycles. The van der Waals surface area contributed by atoms with E-state index in [2.05, 4.69) is 4.72 Å². The highest BCUT2D eigenvalue weighted by Gasteiger charge is 2.17. The van der Waals surface area contributed by atoms with E-state index in [9.17, 15) is 8.42 Å². The molecule has 0 aliphatic heterocycles. The predicted octanol–water partition coefficient (Wildman–Crippen LogP) is 2.18. The van der Waals surface area contributed by atoms with Gasteiger partial charge in [0, 0.05) is 13.1 Å². The molecule has 3 N–H and O–H groups in total. The van der Waals surface area contributed by atoms with Gasteiger partial charge in [-0.05, 0) is 61.5 Å². The molecule has 0 aliphatic rings. The van der Waals surface area contributed by atoms with Gasteiger partial charge in [-0.3, -0.25) is 0 Å². The third kappa shape index (κ3) is 4.77. The first-order chi connectivity index (χ1) is 9.42. The molecule has 0 radical (unpaired) electrons. The molecule has 0 bridgehead atoms. The standard InChI is InChI=1S/C14H24N2O2S2/c1-11-8-12(2)14(9-13(11)10-15)20(17,18)16-6-4-5-7-19-3/h8-9,16H,4-7,10,15H2,1-3H3. The van der Waals surface area contributed by atoms with Crippen molar-refractivity contribution in [2.45, 2.75) is 38.1 Å². The van der Waals surface area contributed by atoms with Crippen molar-refractivity contribution in [3.05, 3.63) is 28.8 Å². The van der Waals surface area contributed by atoms with Crippen LogP contribution < -0.4 is 10.5 Å². The van der Waals surface area contributed by atoms with E-state index >= 15 is 0 Å². The first kappa shape index (κ1) is 17.5. The molecule has 0 amide bonds. The molecule has 0 aliphatic carbocycles. The summed E-state index contributed by atoms with van der Waals surface area (Å²) in [4.78, 5) is 0.341. The summed E-state index contributed by atoms with van der Waals surface area (Å²) >= 11 is 1.77. The van der Waals surface area contributed by atoms with E-state index in [1.54, 1.807) is 17.8 Å². The largest absolute Gasteiger partial charge is 0.326 e. The quantitative estimate of drug-likeness (QED) is 0.721. The third-order valence-electron chi connectivity index (χ3n) is 3.21. The Morgan fingerprint density at radius 3 is 2.50 bits per heavy atom. The monoisotopic (exact) mass is 316 g/mol. The SMILES string of the molecule is CSCCCCNS(=O)(=O)c1cc(CN)c(C)cc1C. The maximum atomic E-state index is 12.3. The summed E-state index contributed by atoms with van der Waals surface area (Å²) in [7, 11) is -3.44. The number of rotatable bonds is 8. The number of nitrogens with one attached hydrogen (secondary N) is 1. The Bertz CT molecular complexity index is 542. The van der Waals surface area contributed by atoms with Gasteiger partial charge >= 0.3 is 0 Å². The van der Waals surface area contributed by atoms with Crippen molar-refractivity contribution in [3.8, 4) is 0 Å². The summed E-state index contributed by atoms with van der Waals surface area (Å²) < 4.78 is 27.3. The molecule has 0 aromatic heterocycles. The molecule has 0 fully saturated rings. The first-order valence-electron chi connectivity index (χ1n) is 6.71. The average molecular weight is 316 g/mol. The van der Waals surface area contributed by atoms with Crippen LogP contribution in [0.3, 0.4) is 0 Å². The van der Waals surface area contributed by atoms with Gasteiger partial charge in [0.2, 0.25) is 10.0 Å². The van der Waals surface area contributed by atoms with Crippen LogP contribution in [0.4, 0.5) is 0 Å². The minimum absolute atomic E-state index is 0.341. The van der Waals surface area contributed by atoms with Crippen LogP contribution in [-0.4, -0.2) is 27.0 Å². The number of benzene rings is 1. The highest BCUT2D eigenvalue weighted by Crippen LogP contribution is 2.20. The fourth-order valence-electron chi connectivity index (χ4n) is 2.04. The summed E-state index contributed by atoms with van der Waals surface area (Å²) in [5, 5.41) is 0. The van der Waals surface area contributed by atoms with Gasteiger partial charge in [-0.1, -0.05) is 6.07 Å². The topological polar surface area (TPSA) is 72.2 Å². The van der Waals surface area contributed by atoms with Gasteiger partial charge in [-0.2, -0.15) is 11.8 Å². The van der Waals surface area contributed by atoms with Crippen LogP contribution in [0, 0.1) is 13.8 Å². The van der Waals surface area contributed by atoms with Crippen molar-refractivity contribution >= 4 is 21.8 Å². The number of hydrogen-bond donors (Lipinski definition) is 2. The Kier molecular flexibility index (Phi) is 7.02. The van der Waals surface area contributed by atoms with Gasteiger partial charge in [-0.25, -0.2) is 13.1 Å². The van der Waals surface area contributed by atoms with Gasteiger partial charge in [-0.15, -0.1) is 0 Å². The maximum absolute atomic E-state index is 12.3. The molecule has 1 aromatic rings. The lowest BCUT2D eigenvalue weighted by Crippen LogP contribution is -2.26. The van der Waals surface area contributed by atoms with E-state index in [4.69, 9.17) is 5.73 Å². The van der Waals surface area contributed by atoms with E-state index in [-0.39, 0.29) is 0 Å². The Hall–Kier alpha value is -0.560. The van der Waals surface area contributed by atoms with Crippen molar-refractivity contribution in [1.29, 1.82) is 0 Å². The lowest BCUT2D eigenvalue weighted by Gasteiger charge is -2.12. The highest BCUT2D eigenvalue weighted by atomic mass is 32.2. The first-order valence-corrected chi connectivity index (χ1v) is 9.59. The lowest BCUT2D eigenvalue weighted by molar-refractivity contribution is 0.577. The molecule has 6 heteroatoms. The molecule has 0 heterocycles. The minimum atomic E-state index is -3.44. The summed E-state index contributed by atoms with van der Waals surface area (Å²) in [5.74, 6) is 1.06. The van der Waals surface area contributed by atoms with Crippen LogP contribution in [0.5, 0.6) is 0 Å². The van der Waals surface area contributed by atoms with Crippen LogP contribution in [-0.2, 0) is 16.6 Å². The Morgan fingerprint density at radius 2 is 1.90 bits per heavy atom. The van der Waals surface area contributed by atoms with E-state index < -0.39 is 10.0 Å². The summed E-state index contributed by atoms with van der Waals surface area (Å²) in [6.45, 7) is 4.59. The van der Waals surface area contributed by atoms with E-state index in [1.165, 1.54) is 0 Å². The van der Waals surface area contributed by atoms with Crippen molar-refractivity contribution in [2.75, 3.05) is 18.6 Å². The molecule has 0 atom stereocenters. The minimum Gasteiger partial charge on any atom is -0.326 e. The third-order valence-corrected chi connectivity index (χ3v) is 5.51. The summed E-state index contributed by atoms with van der Waals surface area (Å²) in [6.07, 6.45) is 3.92. The highest BCUT2D eigenvalue weighted by molar-refractivity contribution is 7.98. The number of unbranched alkanes of at least 4 members (excludes halogenated alkanes) is 1. The molecular weight excluding hydrogens is 292 g/mol. The number of thioether (sulfide) groups is 1. The predicted molar refractivity (Wildman–Crippen MR) is 86.6 cm³/mol. The molecule has 1 rings (SSSR count). The fraction of sp³-hybridized carbons (Fsp3) is 0.571. The number of hydrogen-bond acceptors (Lipinski definition) is 4. The van der Waals surface area contributed by atoms with Crippen LogP contribution in [0.25, 0.3) is 0 Å². The van der Waals surface area contributed by atoms with Crippen molar-refractivity contribution in [1.82, 2.24) is 4.72 Å². The zero-order chi connectivity index (χ0) is 15.2. The van der Waals surface area contributed by atoms with E-state index in [0.29, 0.717) is 18.0 Å². The molecule has 0 saturated carbocycles. The molecule has 0 unspecified atom stereocenters. The zero-order valence-corrected chi connectivity index (χ0v) is 14.0. The van der Waals surface area contributed by atoms with E-state index in [1.807, 2.05) is 26.2 Å². The van der Waals surface area contributed by atoms with Gasteiger partial charge < -0.3 is 5.73 Å². The van der Waals surface area contributed by atoms with Crippen molar-refractivity contribution in [2.24, 2.45) is 5.73 Å². The van der Waals surface area contributed by atoms with Crippen molar-refractivity contribution in [3.63, 3.8) is 0 Å². The lowest BCUT2D eigenvalue weighted by atomic mass is 10.1. The average Bonchev–Trinajstić information content (AvgIpc) is 2.38. The van der Waals surface area contributed by atoms with Crippen molar-refractivity contribution < 1.29 is 8.42 Å². The summed E-state index contributed by atoms with van der Waals surface area (Å²) in [5.41, 5.74) is 8.32. The van der Waals surface area contributed by atoms with Crippen LogP contribution >= 0.6 is 11.8 Å². The Morgan fingerprint density at radius 1 is 1.20 bits per heavy atom. The van der Waals surface area contributed by atoms with Gasteiger partial charge in [0.05, 0.1) is 4.90 Å². The number of sulfonamides is 1. The second-order valence-corrected chi connectivity index (χ2v) is 7.57. The smallest absolute Gasteiger partial charge is 0.240 e. The Balaban J connectivity index is 2.82. The molecule has 0 spiro atoms. The zero-order valence-electron chi connectivity index (χ0n) is 12.4. The molecule has 114 valence electrons. The maximum Gasteiger partial charge on any atom is 0.240 e. The normalized spacial score (nSPS) is 11.8. The van der Waals surface area contributed by atoms with Gasteiger partial charge in [0.1, 0.15) is 0 Å². The van der Waals surface area contributed by atoms with Gasteiger partial charge in [0.25, 0.3) is 0 Å². The molecular formula is C14H24N2O2S2. The number of nitrogens with two attached hydrogens (primary N) is 1. The van der Waals surface area contributed by atoms with Crippen LogP contribution in [0.2, 0.25) is 0 Å².